The van der Waals surface area contributed by atoms with Crippen LogP contribution in [0.3, 0.4) is 0 Å². The van der Waals surface area contributed by atoms with E-state index in [0.717, 1.165) is 0 Å². The first-order valence-corrected chi connectivity index (χ1v) is 5.39. The van der Waals surface area contributed by atoms with Crippen molar-refractivity contribution in [3.8, 4) is 0 Å². The van der Waals surface area contributed by atoms with Gasteiger partial charge in [-0.1, -0.05) is 0 Å². The van der Waals surface area contributed by atoms with Gasteiger partial charge in [0.25, 0.3) is 0 Å². The number of benzene rings is 1. The Morgan fingerprint density at radius 2 is 1.59 bits per heavy atom. The first kappa shape index (κ1) is 13.2. The summed E-state index contributed by atoms with van der Waals surface area (Å²) in [6.07, 6.45) is 0. The summed E-state index contributed by atoms with van der Waals surface area (Å²) < 4.78 is 0. The fourth-order valence-corrected chi connectivity index (χ4v) is 1.27. The van der Waals surface area contributed by atoms with Crippen molar-refractivity contribution in [2.24, 2.45) is 0 Å². The van der Waals surface area contributed by atoms with Gasteiger partial charge in [0.2, 0.25) is 0 Å². The number of carboxylic acids is 1. The van der Waals surface area contributed by atoms with E-state index in [1.54, 1.807) is 0 Å². The molecule has 0 radical (unpaired) electrons. The second-order valence-electron chi connectivity index (χ2n) is 3.38. The molecule has 0 unspecified atom stereocenters. The number of carbonyl (C=O) groups excluding carboxylic acids is 1. The Bertz CT molecular complexity index is 395. The molecule has 1 rings (SSSR count). The summed E-state index contributed by atoms with van der Waals surface area (Å²) in [7, 11) is 0. The van der Waals surface area contributed by atoms with E-state index >= 15 is 0 Å². The van der Waals surface area contributed by atoms with Crippen LogP contribution < -0.4 is 0 Å². The molecule has 0 spiro atoms. The van der Waals surface area contributed by atoms with E-state index in [4.69, 9.17) is 9.94 Å². The van der Waals surface area contributed by atoms with Crippen molar-refractivity contribution in [2.45, 2.75) is 13.8 Å². The lowest BCUT2D eigenvalue weighted by molar-refractivity contribution is -0.103. The van der Waals surface area contributed by atoms with E-state index in [1.807, 2.05) is 13.8 Å². The third-order valence-electron chi connectivity index (χ3n) is 2.28. The van der Waals surface area contributed by atoms with E-state index in [0.29, 0.717) is 18.7 Å². The first-order valence-electron chi connectivity index (χ1n) is 5.39. The molecule has 0 amide bonds. The molecule has 5 heteroatoms. The first-order chi connectivity index (χ1) is 8.08. The minimum absolute atomic E-state index is 0.143. The number of hydrogen-bond acceptors (Lipinski definition) is 4. The molecule has 1 aromatic carbocycles. The third kappa shape index (κ3) is 3.57. The highest BCUT2D eigenvalue weighted by Gasteiger charge is 2.12. The predicted octanol–water partition coefficient (Wildman–Crippen LogP) is 1.80. The zero-order chi connectivity index (χ0) is 12.8. The number of hydrogen-bond donors (Lipinski definition) is 1. The van der Waals surface area contributed by atoms with Crippen LogP contribution in [0.2, 0.25) is 0 Å². The van der Waals surface area contributed by atoms with Crippen molar-refractivity contribution < 1.29 is 19.5 Å². The second kappa shape index (κ2) is 6.00. The maximum Gasteiger partial charge on any atom is 0.357 e. The fraction of sp³-hybridized carbons (Fsp3) is 0.333. The topological polar surface area (TPSA) is 66.8 Å². The SMILES string of the molecule is CCN(CC)OC(=O)c1ccc(C(=O)O)cc1. The molecular weight excluding hydrogens is 222 g/mol. The van der Waals surface area contributed by atoms with Gasteiger partial charge in [-0.25, -0.2) is 9.59 Å². The zero-order valence-corrected chi connectivity index (χ0v) is 9.84. The van der Waals surface area contributed by atoms with Gasteiger partial charge < -0.3 is 9.94 Å². The second-order valence-corrected chi connectivity index (χ2v) is 3.38. The number of hydroxylamine groups is 2. The molecule has 0 aromatic heterocycles. The van der Waals surface area contributed by atoms with Crippen LogP contribution in [0.15, 0.2) is 24.3 Å². The summed E-state index contributed by atoms with van der Waals surface area (Å²) >= 11 is 0. The molecule has 0 bridgehead atoms. The number of rotatable bonds is 5. The van der Waals surface area contributed by atoms with Crippen molar-refractivity contribution in [2.75, 3.05) is 13.1 Å². The molecule has 1 aromatic rings. The van der Waals surface area contributed by atoms with Crippen LogP contribution in [0, 0.1) is 0 Å². The summed E-state index contributed by atoms with van der Waals surface area (Å²) in [5.74, 6) is -1.50. The van der Waals surface area contributed by atoms with Gasteiger partial charge in [-0.3, -0.25) is 0 Å². The van der Waals surface area contributed by atoms with Gasteiger partial charge in [-0.2, -0.15) is 0 Å². The number of carboxylic acid groups (broad SMARTS) is 1. The van der Waals surface area contributed by atoms with E-state index < -0.39 is 11.9 Å². The van der Waals surface area contributed by atoms with E-state index in [9.17, 15) is 9.59 Å². The Morgan fingerprint density at radius 3 is 2.00 bits per heavy atom. The van der Waals surface area contributed by atoms with E-state index in [-0.39, 0.29) is 5.56 Å². The lowest BCUT2D eigenvalue weighted by Crippen LogP contribution is -2.26. The van der Waals surface area contributed by atoms with Gasteiger partial charge in [0.05, 0.1) is 11.1 Å². The van der Waals surface area contributed by atoms with E-state index in [2.05, 4.69) is 0 Å². The Morgan fingerprint density at radius 1 is 1.12 bits per heavy atom. The molecule has 0 aliphatic heterocycles. The monoisotopic (exact) mass is 237 g/mol. The van der Waals surface area contributed by atoms with Gasteiger partial charge in [-0.15, -0.1) is 5.06 Å². The molecule has 0 fully saturated rings. The maximum atomic E-state index is 11.6. The standard InChI is InChI=1S/C12H15NO4/c1-3-13(4-2)17-12(16)10-7-5-9(6-8-10)11(14)15/h5-8H,3-4H2,1-2H3,(H,14,15). The van der Waals surface area contributed by atoms with Gasteiger partial charge in [-0.05, 0) is 38.1 Å². The summed E-state index contributed by atoms with van der Waals surface area (Å²) in [5, 5.41) is 10.2. The van der Waals surface area contributed by atoms with Crippen molar-refractivity contribution in [1.82, 2.24) is 5.06 Å². The highest BCUT2D eigenvalue weighted by Crippen LogP contribution is 2.07. The Labute approximate surface area is 99.6 Å². The summed E-state index contributed by atoms with van der Waals surface area (Å²) in [4.78, 5) is 27.4. The minimum Gasteiger partial charge on any atom is -0.478 e. The van der Waals surface area contributed by atoms with Crippen LogP contribution in [-0.4, -0.2) is 35.2 Å². The average molecular weight is 237 g/mol. The van der Waals surface area contributed by atoms with Crippen molar-refractivity contribution in [1.29, 1.82) is 0 Å². The van der Waals surface area contributed by atoms with Crippen molar-refractivity contribution in [3.05, 3.63) is 35.4 Å². The molecule has 0 atom stereocenters. The fourth-order valence-electron chi connectivity index (χ4n) is 1.27. The minimum atomic E-state index is -1.02. The lowest BCUT2D eigenvalue weighted by Gasteiger charge is -2.16. The Kier molecular flexibility index (Phi) is 4.66. The third-order valence-corrected chi connectivity index (χ3v) is 2.28. The van der Waals surface area contributed by atoms with Crippen LogP contribution in [0.1, 0.15) is 34.6 Å². The Balaban J connectivity index is 2.73. The lowest BCUT2D eigenvalue weighted by atomic mass is 10.1. The largest absolute Gasteiger partial charge is 0.478 e. The molecule has 0 aliphatic rings. The molecule has 0 heterocycles. The van der Waals surface area contributed by atoms with Gasteiger partial charge in [0.1, 0.15) is 0 Å². The molecule has 0 saturated carbocycles. The molecule has 5 nitrogen and oxygen atoms in total. The van der Waals surface area contributed by atoms with Crippen molar-refractivity contribution in [3.63, 3.8) is 0 Å². The molecule has 92 valence electrons. The van der Waals surface area contributed by atoms with Crippen LogP contribution >= 0.6 is 0 Å². The highest BCUT2D eigenvalue weighted by atomic mass is 16.7. The van der Waals surface area contributed by atoms with E-state index in [1.165, 1.54) is 29.3 Å². The Hall–Kier alpha value is -1.88. The molecule has 1 N–H and O–H groups in total. The van der Waals surface area contributed by atoms with Crippen LogP contribution in [-0.2, 0) is 4.84 Å². The zero-order valence-electron chi connectivity index (χ0n) is 9.84. The summed E-state index contributed by atoms with van der Waals surface area (Å²) in [6.45, 7) is 4.97. The molecular formula is C12H15NO4. The smallest absolute Gasteiger partial charge is 0.357 e. The maximum absolute atomic E-state index is 11.6. The molecule has 0 saturated heterocycles. The van der Waals surface area contributed by atoms with Gasteiger partial charge >= 0.3 is 11.9 Å². The predicted molar refractivity (Wildman–Crippen MR) is 61.7 cm³/mol. The normalized spacial score (nSPS) is 10.3. The summed E-state index contributed by atoms with van der Waals surface area (Å²) in [6, 6.07) is 5.63. The van der Waals surface area contributed by atoms with Crippen molar-refractivity contribution >= 4 is 11.9 Å². The quantitative estimate of drug-likeness (QED) is 0.791. The van der Waals surface area contributed by atoms with Crippen LogP contribution in [0.25, 0.3) is 0 Å². The highest BCUT2D eigenvalue weighted by molar-refractivity contribution is 5.92. The van der Waals surface area contributed by atoms with Gasteiger partial charge in [0, 0.05) is 13.1 Å². The number of nitrogens with zero attached hydrogens (tertiary/aromatic N) is 1. The van der Waals surface area contributed by atoms with Crippen LogP contribution in [0.5, 0.6) is 0 Å². The number of carbonyl (C=O) groups is 2. The number of aromatic carboxylic acids is 1. The summed E-state index contributed by atoms with van der Waals surface area (Å²) in [5.41, 5.74) is 0.478. The molecule has 17 heavy (non-hydrogen) atoms. The molecule has 0 aliphatic carbocycles. The van der Waals surface area contributed by atoms with Gasteiger partial charge in [0.15, 0.2) is 0 Å². The van der Waals surface area contributed by atoms with Crippen LogP contribution in [0.4, 0.5) is 0 Å². The average Bonchev–Trinajstić information content (AvgIpc) is 2.35.